The summed E-state index contributed by atoms with van der Waals surface area (Å²) in [5, 5.41) is 0.429. The molecule has 3 rings (SSSR count). The summed E-state index contributed by atoms with van der Waals surface area (Å²) in [5.41, 5.74) is 11.9. The van der Waals surface area contributed by atoms with Crippen LogP contribution in [0.2, 0.25) is 0 Å². The Morgan fingerprint density at radius 3 is 2.83 bits per heavy atom. The number of hydrogen-bond acceptors (Lipinski definition) is 4. The van der Waals surface area contributed by atoms with E-state index in [1.165, 1.54) is 17.8 Å². The summed E-state index contributed by atoms with van der Waals surface area (Å²) in [6.07, 6.45) is 0.753. The molecule has 1 saturated carbocycles. The van der Waals surface area contributed by atoms with Gasteiger partial charge >= 0.3 is 0 Å². The van der Waals surface area contributed by atoms with E-state index in [0.717, 1.165) is 12.5 Å². The Morgan fingerprint density at radius 2 is 2.11 bits per heavy atom. The van der Waals surface area contributed by atoms with Crippen LogP contribution in [0.5, 0.6) is 0 Å². The van der Waals surface area contributed by atoms with Crippen LogP contribution in [0.1, 0.15) is 18.9 Å². The number of fused-ring (bicyclic) bond motifs is 1. The highest BCUT2D eigenvalue weighted by molar-refractivity contribution is 8.14. The quantitative estimate of drug-likeness (QED) is 0.768. The molecule has 3 atom stereocenters. The van der Waals surface area contributed by atoms with E-state index in [0.29, 0.717) is 10.7 Å². The van der Waals surface area contributed by atoms with Crippen molar-refractivity contribution in [3.8, 4) is 0 Å². The van der Waals surface area contributed by atoms with Gasteiger partial charge in [-0.1, -0.05) is 11.8 Å². The fourth-order valence-corrected chi connectivity index (χ4v) is 4.19. The van der Waals surface area contributed by atoms with Gasteiger partial charge in [0, 0.05) is 17.2 Å². The molecule has 0 radical (unpaired) electrons. The number of amidine groups is 1. The van der Waals surface area contributed by atoms with Crippen LogP contribution >= 0.6 is 11.8 Å². The summed E-state index contributed by atoms with van der Waals surface area (Å²) in [6, 6.07) is 2.55. The zero-order chi connectivity index (χ0) is 13.1. The second-order valence-corrected chi connectivity index (χ2v) is 6.23. The lowest BCUT2D eigenvalue weighted by atomic mass is 10.0. The molecule has 6 heteroatoms. The van der Waals surface area contributed by atoms with Crippen LogP contribution in [0.4, 0.5) is 14.5 Å². The van der Waals surface area contributed by atoms with Crippen molar-refractivity contribution in [2.45, 2.75) is 24.1 Å². The predicted molar refractivity (Wildman–Crippen MR) is 69.2 cm³/mol. The van der Waals surface area contributed by atoms with E-state index >= 15 is 0 Å². The minimum Gasteiger partial charge on any atom is -0.399 e. The maximum Gasteiger partial charge on any atom is 0.163 e. The van der Waals surface area contributed by atoms with Crippen LogP contribution in [0.15, 0.2) is 17.1 Å². The van der Waals surface area contributed by atoms with Crippen LogP contribution in [0.3, 0.4) is 0 Å². The molecule has 0 spiro atoms. The summed E-state index contributed by atoms with van der Waals surface area (Å²) in [6.45, 7) is 1.94. The van der Waals surface area contributed by atoms with Crippen LogP contribution in [-0.4, -0.2) is 11.2 Å². The van der Waals surface area contributed by atoms with E-state index in [9.17, 15) is 8.78 Å². The number of nitrogens with zero attached hydrogens (tertiary/aromatic N) is 1. The smallest absolute Gasteiger partial charge is 0.163 e. The maximum atomic E-state index is 14.0. The first-order valence-corrected chi connectivity index (χ1v) is 6.53. The first-order chi connectivity index (χ1) is 8.44. The third-order valence-corrected chi connectivity index (χ3v) is 5.04. The molecule has 1 aromatic rings. The predicted octanol–water partition coefficient (Wildman–Crippen LogP) is 2.21. The zero-order valence-electron chi connectivity index (χ0n) is 9.78. The Hall–Kier alpha value is -1.30. The van der Waals surface area contributed by atoms with Crippen LogP contribution < -0.4 is 11.5 Å². The molecule has 1 fully saturated rings. The molecule has 0 aromatic heterocycles. The van der Waals surface area contributed by atoms with Gasteiger partial charge in [0.25, 0.3) is 0 Å². The van der Waals surface area contributed by atoms with Crippen molar-refractivity contribution in [2.24, 2.45) is 16.6 Å². The minimum atomic E-state index is -0.903. The molecule has 1 aliphatic heterocycles. The average molecular weight is 269 g/mol. The van der Waals surface area contributed by atoms with Crippen molar-refractivity contribution >= 4 is 22.6 Å². The van der Waals surface area contributed by atoms with Gasteiger partial charge in [0.1, 0.15) is 0 Å². The van der Waals surface area contributed by atoms with Crippen molar-refractivity contribution in [3.63, 3.8) is 0 Å². The molecule has 0 bridgehead atoms. The lowest BCUT2D eigenvalue weighted by Gasteiger charge is -2.24. The molecular weight excluding hydrogens is 256 g/mol. The molecule has 1 aliphatic carbocycles. The number of anilines is 1. The van der Waals surface area contributed by atoms with Gasteiger partial charge in [-0.3, -0.25) is 4.99 Å². The van der Waals surface area contributed by atoms with E-state index < -0.39 is 16.4 Å². The van der Waals surface area contributed by atoms with E-state index in [1.807, 2.05) is 6.92 Å². The van der Waals surface area contributed by atoms with Gasteiger partial charge in [0.2, 0.25) is 0 Å². The first kappa shape index (κ1) is 11.8. The standard InChI is InChI=1S/C12H13F2N3S/c1-5-8-4-12(8,18-11(16)17-5)7-2-6(15)3-9(13)10(7)14/h2-3,5,8H,4,15H2,1H3,(H2,16,17). The summed E-state index contributed by atoms with van der Waals surface area (Å²) >= 11 is 1.32. The third-order valence-electron chi connectivity index (χ3n) is 3.67. The zero-order valence-corrected chi connectivity index (χ0v) is 10.6. The molecule has 4 N–H and O–H groups in total. The van der Waals surface area contributed by atoms with Crippen molar-refractivity contribution in [1.29, 1.82) is 0 Å². The van der Waals surface area contributed by atoms with Gasteiger partial charge in [-0.25, -0.2) is 8.78 Å². The topological polar surface area (TPSA) is 64.4 Å². The Kier molecular flexibility index (Phi) is 2.35. The van der Waals surface area contributed by atoms with E-state index in [-0.39, 0.29) is 17.6 Å². The highest BCUT2D eigenvalue weighted by Crippen LogP contribution is 2.66. The fraction of sp³-hybridized carbons (Fsp3) is 0.417. The lowest BCUT2D eigenvalue weighted by molar-refractivity contribution is 0.492. The number of hydrogen-bond donors (Lipinski definition) is 2. The summed E-state index contributed by atoms with van der Waals surface area (Å²) < 4.78 is 26.9. The highest BCUT2D eigenvalue weighted by atomic mass is 32.2. The van der Waals surface area contributed by atoms with Crippen molar-refractivity contribution in [1.82, 2.24) is 0 Å². The molecule has 1 heterocycles. The molecule has 3 unspecified atom stereocenters. The second kappa shape index (κ2) is 3.60. The van der Waals surface area contributed by atoms with E-state index in [2.05, 4.69) is 4.99 Å². The molecule has 2 aliphatic rings. The molecule has 96 valence electrons. The number of rotatable bonds is 1. The Morgan fingerprint density at radius 1 is 1.39 bits per heavy atom. The Bertz CT molecular complexity index is 560. The number of thioether (sulfide) groups is 1. The van der Waals surface area contributed by atoms with Crippen molar-refractivity contribution in [2.75, 3.05) is 5.73 Å². The molecule has 0 amide bonds. The van der Waals surface area contributed by atoms with Gasteiger partial charge in [0.05, 0.1) is 10.8 Å². The number of halogens is 2. The van der Waals surface area contributed by atoms with Gasteiger partial charge in [-0.2, -0.15) is 0 Å². The Balaban J connectivity index is 2.10. The lowest BCUT2D eigenvalue weighted by Crippen LogP contribution is -2.26. The summed E-state index contributed by atoms with van der Waals surface area (Å²) in [7, 11) is 0. The fourth-order valence-electron chi connectivity index (χ4n) is 2.73. The van der Waals surface area contributed by atoms with E-state index in [4.69, 9.17) is 11.5 Å². The maximum absolute atomic E-state index is 14.0. The summed E-state index contributed by atoms with van der Waals surface area (Å²) in [4.78, 5) is 4.26. The average Bonchev–Trinajstić information content (AvgIpc) is 2.99. The minimum absolute atomic E-state index is 0.0372. The van der Waals surface area contributed by atoms with Gasteiger partial charge in [0.15, 0.2) is 16.8 Å². The largest absolute Gasteiger partial charge is 0.399 e. The highest BCUT2D eigenvalue weighted by Gasteiger charge is 2.62. The number of benzene rings is 1. The van der Waals surface area contributed by atoms with Crippen LogP contribution in [-0.2, 0) is 4.75 Å². The molecule has 0 saturated heterocycles. The SMILES string of the molecule is CC1N=C(N)SC2(c3cc(N)cc(F)c3F)CC12. The molecule has 18 heavy (non-hydrogen) atoms. The summed E-state index contributed by atoms with van der Waals surface area (Å²) in [5.74, 6) is -1.52. The molecule has 3 nitrogen and oxygen atoms in total. The van der Waals surface area contributed by atoms with E-state index in [1.54, 1.807) is 0 Å². The van der Waals surface area contributed by atoms with Crippen molar-refractivity contribution in [3.05, 3.63) is 29.3 Å². The first-order valence-electron chi connectivity index (χ1n) is 5.71. The molecular formula is C12H13F2N3S. The third kappa shape index (κ3) is 1.51. The van der Waals surface area contributed by atoms with Gasteiger partial charge in [-0.05, 0) is 25.5 Å². The van der Waals surface area contributed by atoms with Crippen molar-refractivity contribution < 1.29 is 8.78 Å². The van der Waals surface area contributed by atoms with Crippen LogP contribution in [0, 0.1) is 17.6 Å². The number of nitrogen functional groups attached to an aromatic ring is 1. The van der Waals surface area contributed by atoms with Gasteiger partial charge in [-0.15, -0.1) is 0 Å². The Labute approximate surface area is 108 Å². The monoisotopic (exact) mass is 269 g/mol. The normalized spacial score (nSPS) is 33.8. The van der Waals surface area contributed by atoms with Crippen LogP contribution in [0.25, 0.3) is 0 Å². The number of aliphatic imine (C=N–C) groups is 1. The van der Waals surface area contributed by atoms with Gasteiger partial charge < -0.3 is 11.5 Å². The molecule has 1 aromatic carbocycles. The second-order valence-electron chi connectivity index (χ2n) is 4.87. The number of nitrogens with two attached hydrogens (primary N) is 2.